The number of amides is 1. The lowest BCUT2D eigenvalue weighted by Crippen LogP contribution is -2.50. The number of rotatable bonds is 2. The molecule has 5 nitrogen and oxygen atoms in total. The third-order valence-corrected chi connectivity index (χ3v) is 3.93. The van der Waals surface area contributed by atoms with Gasteiger partial charge in [-0.3, -0.25) is 4.79 Å². The van der Waals surface area contributed by atoms with E-state index in [1.54, 1.807) is 17.0 Å². The van der Waals surface area contributed by atoms with Gasteiger partial charge in [-0.05, 0) is 37.5 Å². The van der Waals surface area contributed by atoms with E-state index in [-0.39, 0.29) is 11.7 Å². The number of hydrogen-bond donors (Lipinski definition) is 2. The minimum Gasteiger partial charge on any atom is -0.409 e. The Morgan fingerprint density at radius 1 is 1.40 bits per heavy atom. The zero-order valence-electron chi connectivity index (χ0n) is 10.7. The van der Waals surface area contributed by atoms with Crippen molar-refractivity contribution in [1.82, 2.24) is 4.90 Å². The maximum atomic E-state index is 12.6. The molecule has 7 heteroatoms. The van der Waals surface area contributed by atoms with Crippen LogP contribution in [0.1, 0.15) is 29.6 Å². The van der Waals surface area contributed by atoms with Gasteiger partial charge < -0.3 is 15.8 Å². The smallest absolute Gasteiger partial charge is 0.255 e. The van der Waals surface area contributed by atoms with E-state index >= 15 is 0 Å². The van der Waals surface area contributed by atoms with Gasteiger partial charge in [0.1, 0.15) is 0 Å². The molecule has 1 saturated heterocycles. The van der Waals surface area contributed by atoms with E-state index in [9.17, 15) is 4.79 Å². The number of carbonyl (C=O) groups excluding carboxylic acids is 1. The summed E-state index contributed by atoms with van der Waals surface area (Å²) in [5.74, 6) is -0.189. The van der Waals surface area contributed by atoms with Gasteiger partial charge in [0.05, 0.1) is 16.6 Å². The normalized spacial score (nSPS) is 20.0. The Kier molecular flexibility index (Phi) is 4.73. The maximum absolute atomic E-state index is 12.6. The first-order valence-corrected chi connectivity index (χ1v) is 7.03. The molecular formula is C13H15Cl2N3O2. The summed E-state index contributed by atoms with van der Waals surface area (Å²) in [5.41, 5.74) is 6.04. The Morgan fingerprint density at radius 3 is 2.80 bits per heavy atom. The van der Waals surface area contributed by atoms with Crippen molar-refractivity contribution in [2.24, 2.45) is 10.9 Å². The summed E-state index contributed by atoms with van der Waals surface area (Å²) in [4.78, 5) is 14.2. The summed E-state index contributed by atoms with van der Waals surface area (Å²) in [7, 11) is 0. The Morgan fingerprint density at radius 2 is 2.15 bits per heavy atom. The number of carbonyl (C=O) groups is 1. The van der Waals surface area contributed by atoms with Gasteiger partial charge in [0.15, 0.2) is 5.84 Å². The molecule has 1 fully saturated rings. The first-order chi connectivity index (χ1) is 9.54. The highest BCUT2D eigenvalue weighted by atomic mass is 35.5. The fourth-order valence-electron chi connectivity index (χ4n) is 2.37. The molecule has 1 aliphatic rings. The van der Waals surface area contributed by atoms with Crippen LogP contribution in [0.5, 0.6) is 0 Å². The van der Waals surface area contributed by atoms with Crippen LogP contribution in [-0.2, 0) is 0 Å². The van der Waals surface area contributed by atoms with Crippen LogP contribution in [0.15, 0.2) is 23.4 Å². The van der Waals surface area contributed by atoms with Crippen molar-refractivity contribution in [2.75, 3.05) is 6.54 Å². The van der Waals surface area contributed by atoms with Crippen LogP contribution < -0.4 is 5.73 Å². The van der Waals surface area contributed by atoms with E-state index in [0.29, 0.717) is 28.6 Å². The van der Waals surface area contributed by atoms with Gasteiger partial charge in [-0.1, -0.05) is 28.4 Å². The Hall–Kier alpha value is -1.46. The second-order valence-electron chi connectivity index (χ2n) is 4.66. The molecule has 1 unspecified atom stereocenters. The molecule has 0 spiro atoms. The molecule has 1 amide bonds. The number of hydrogen-bond acceptors (Lipinski definition) is 3. The lowest BCUT2D eigenvalue weighted by atomic mass is 10.00. The van der Waals surface area contributed by atoms with Crippen LogP contribution >= 0.6 is 23.2 Å². The summed E-state index contributed by atoms with van der Waals surface area (Å²) in [5, 5.41) is 12.6. The van der Waals surface area contributed by atoms with E-state index < -0.39 is 6.04 Å². The summed E-state index contributed by atoms with van der Waals surface area (Å²) >= 11 is 11.9. The van der Waals surface area contributed by atoms with Crippen LogP contribution in [0.4, 0.5) is 0 Å². The van der Waals surface area contributed by atoms with E-state index in [1.807, 2.05) is 0 Å². The van der Waals surface area contributed by atoms with E-state index in [2.05, 4.69) is 5.16 Å². The molecular weight excluding hydrogens is 301 g/mol. The predicted molar refractivity (Wildman–Crippen MR) is 78.5 cm³/mol. The van der Waals surface area contributed by atoms with Crippen molar-refractivity contribution in [3.05, 3.63) is 33.8 Å². The molecule has 1 aromatic rings. The number of halogens is 2. The van der Waals surface area contributed by atoms with Crippen LogP contribution in [0.2, 0.25) is 10.0 Å². The van der Waals surface area contributed by atoms with E-state index in [4.69, 9.17) is 34.1 Å². The lowest BCUT2D eigenvalue weighted by Gasteiger charge is -2.35. The minimum atomic E-state index is -0.395. The Labute approximate surface area is 126 Å². The molecule has 0 bridgehead atoms. The molecule has 1 aromatic carbocycles. The molecule has 0 saturated carbocycles. The largest absolute Gasteiger partial charge is 0.409 e. The number of amidine groups is 1. The van der Waals surface area contributed by atoms with Crippen molar-refractivity contribution >= 4 is 34.9 Å². The quantitative estimate of drug-likeness (QED) is 0.381. The number of nitrogens with zero attached hydrogens (tertiary/aromatic N) is 2. The first kappa shape index (κ1) is 14.9. The second kappa shape index (κ2) is 6.33. The van der Waals surface area contributed by atoms with Crippen LogP contribution in [0.25, 0.3) is 0 Å². The minimum absolute atomic E-state index is 0.0446. The highest BCUT2D eigenvalue weighted by molar-refractivity contribution is 6.36. The number of likely N-dealkylation sites (tertiary alicyclic amines) is 1. The van der Waals surface area contributed by atoms with Gasteiger partial charge in [-0.25, -0.2) is 0 Å². The van der Waals surface area contributed by atoms with E-state index in [1.165, 1.54) is 6.07 Å². The zero-order chi connectivity index (χ0) is 14.7. The summed E-state index contributed by atoms with van der Waals surface area (Å²) < 4.78 is 0. The van der Waals surface area contributed by atoms with E-state index in [0.717, 1.165) is 12.8 Å². The molecule has 2 rings (SSSR count). The third-order valence-electron chi connectivity index (χ3n) is 3.38. The number of oxime groups is 1. The van der Waals surface area contributed by atoms with Crippen molar-refractivity contribution < 1.29 is 10.0 Å². The summed E-state index contributed by atoms with van der Waals surface area (Å²) in [6, 6.07) is 4.33. The predicted octanol–water partition coefficient (Wildman–Crippen LogP) is 2.73. The van der Waals surface area contributed by atoms with Gasteiger partial charge >= 0.3 is 0 Å². The molecule has 1 heterocycles. The molecule has 0 radical (unpaired) electrons. The molecule has 20 heavy (non-hydrogen) atoms. The number of nitrogens with two attached hydrogens (primary N) is 1. The van der Waals surface area contributed by atoms with Crippen LogP contribution in [-0.4, -0.2) is 34.4 Å². The van der Waals surface area contributed by atoms with Gasteiger partial charge in [-0.2, -0.15) is 0 Å². The molecule has 0 aromatic heterocycles. The molecule has 0 aliphatic carbocycles. The van der Waals surface area contributed by atoms with Crippen molar-refractivity contribution in [3.63, 3.8) is 0 Å². The van der Waals surface area contributed by atoms with Crippen LogP contribution in [0.3, 0.4) is 0 Å². The molecule has 1 aliphatic heterocycles. The second-order valence-corrected chi connectivity index (χ2v) is 5.50. The highest BCUT2D eigenvalue weighted by Gasteiger charge is 2.31. The summed E-state index contributed by atoms with van der Waals surface area (Å²) in [6.45, 7) is 0.554. The fraction of sp³-hybridized carbons (Fsp3) is 0.385. The lowest BCUT2D eigenvalue weighted by molar-refractivity contribution is 0.0677. The highest BCUT2D eigenvalue weighted by Crippen LogP contribution is 2.25. The van der Waals surface area contributed by atoms with Crippen LogP contribution in [0, 0.1) is 0 Å². The first-order valence-electron chi connectivity index (χ1n) is 6.28. The third kappa shape index (κ3) is 2.99. The van der Waals surface area contributed by atoms with Crippen molar-refractivity contribution in [2.45, 2.75) is 25.3 Å². The average Bonchev–Trinajstić information content (AvgIpc) is 2.46. The van der Waals surface area contributed by atoms with Gasteiger partial charge in [0.2, 0.25) is 0 Å². The Balaban J connectivity index is 2.30. The fourth-order valence-corrected chi connectivity index (χ4v) is 2.86. The number of benzene rings is 1. The standard InChI is InChI=1S/C13H15Cl2N3O2/c14-8-4-5-9(10(15)7-8)13(19)18-6-2-1-3-11(18)12(16)17-20/h4-5,7,11,20H,1-3,6H2,(H2,16,17). The SMILES string of the molecule is NC(=NO)C1CCCCN1C(=O)c1ccc(Cl)cc1Cl. The van der Waals surface area contributed by atoms with Crippen molar-refractivity contribution in [1.29, 1.82) is 0 Å². The summed E-state index contributed by atoms with van der Waals surface area (Å²) in [6.07, 6.45) is 2.48. The topological polar surface area (TPSA) is 78.9 Å². The monoisotopic (exact) mass is 315 g/mol. The molecule has 108 valence electrons. The Bertz CT molecular complexity index is 548. The average molecular weight is 316 g/mol. The van der Waals surface area contributed by atoms with Gasteiger partial charge in [0, 0.05) is 11.6 Å². The molecule has 1 atom stereocenters. The maximum Gasteiger partial charge on any atom is 0.255 e. The van der Waals surface area contributed by atoms with Gasteiger partial charge in [-0.15, -0.1) is 0 Å². The number of piperidine rings is 1. The molecule has 3 N–H and O–H groups in total. The zero-order valence-corrected chi connectivity index (χ0v) is 12.2. The van der Waals surface area contributed by atoms with Gasteiger partial charge in [0.25, 0.3) is 5.91 Å². The van der Waals surface area contributed by atoms with Crippen molar-refractivity contribution in [3.8, 4) is 0 Å².